The lowest BCUT2D eigenvalue weighted by molar-refractivity contribution is 0.0838. The molecule has 2 aromatic heterocycles. The minimum absolute atomic E-state index is 0.0756. The van der Waals surface area contributed by atoms with E-state index >= 15 is 0 Å². The molecule has 2 aromatic carbocycles. The third-order valence-corrected chi connectivity index (χ3v) is 7.53. The molecule has 0 aliphatic carbocycles. The highest BCUT2D eigenvalue weighted by Gasteiger charge is 2.23. The van der Waals surface area contributed by atoms with Crippen LogP contribution in [-0.2, 0) is 11.2 Å². The van der Waals surface area contributed by atoms with E-state index in [-0.39, 0.29) is 12.1 Å². The highest BCUT2D eigenvalue weighted by atomic mass is 32.1. The van der Waals surface area contributed by atoms with Crippen molar-refractivity contribution in [3.8, 4) is 22.8 Å². The van der Waals surface area contributed by atoms with Crippen LogP contribution in [0, 0.1) is 6.92 Å². The predicted octanol–water partition coefficient (Wildman–Crippen LogP) is 5.64. The van der Waals surface area contributed by atoms with Gasteiger partial charge in [-0.3, -0.25) is 4.40 Å². The SMILES string of the molecule is COc1ccc(OC)c(-c2cn3c(CCN(C[C@@H]4CCCO4)C(=O)Nc4ccc(C)cc4)csc3n2)c1. The molecule has 37 heavy (non-hydrogen) atoms. The summed E-state index contributed by atoms with van der Waals surface area (Å²) in [6.07, 6.45) is 4.81. The van der Waals surface area contributed by atoms with Crippen molar-refractivity contribution < 1.29 is 19.0 Å². The first kappa shape index (κ1) is 25.1. The van der Waals surface area contributed by atoms with Crippen molar-refractivity contribution in [2.75, 3.05) is 39.2 Å². The number of methoxy groups -OCH3 is 2. The first-order chi connectivity index (χ1) is 18.0. The van der Waals surface area contributed by atoms with Crippen molar-refractivity contribution >= 4 is 28.0 Å². The van der Waals surface area contributed by atoms with Crippen molar-refractivity contribution in [2.45, 2.75) is 32.3 Å². The number of nitrogens with one attached hydrogen (secondary N) is 1. The summed E-state index contributed by atoms with van der Waals surface area (Å²) in [4.78, 5) is 20.8. The number of rotatable bonds is 9. The van der Waals surface area contributed by atoms with Gasteiger partial charge in [0, 0.05) is 54.6 Å². The molecule has 9 heteroatoms. The van der Waals surface area contributed by atoms with Gasteiger partial charge in [-0.1, -0.05) is 17.7 Å². The Morgan fingerprint density at radius 3 is 2.78 bits per heavy atom. The van der Waals surface area contributed by atoms with Gasteiger partial charge in [-0.05, 0) is 50.1 Å². The first-order valence-corrected chi connectivity index (χ1v) is 13.3. The highest BCUT2D eigenvalue weighted by Crippen LogP contribution is 2.34. The van der Waals surface area contributed by atoms with E-state index in [0.29, 0.717) is 19.5 Å². The molecule has 1 fully saturated rings. The van der Waals surface area contributed by atoms with Gasteiger partial charge in [0.25, 0.3) is 0 Å². The van der Waals surface area contributed by atoms with Crippen molar-refractivity contribution in [2.24, 2.45) is 0 Å². The topological polar surface area (TPSA) is 77.3 Å². The molecule has 2 amide bonds. The zero-order chi connectivity index (χ0) is 25.8. The number of carbonyl (C=O) groups excluding carboxylic acids is 1. The molecule has 1 N–H and O–H groups in total. The number of carbonyl (C=O) groups is 1. The number of urea groups is 1. The van der Waals surface area contributed by atoms with Crippen molar-refractivity contribution in [1.82, 2.24) is 14.3 Å². The molecule has 1 aliphatic heterocycles. The second-order valence-electron chi connectivity index (χ2n) is 9.20. The number of hydrogen-bond donors (Lipinski definition) is 1. The molecule has 1 atom stereocenters. The van der Waals surface area contributed by atoms with E-state index in [2.05, 4.69) is 15.1 Å². The number of imidazole rings is 1. The van der Waals surface area contributed by atoms with Gasteiger partial charge in [0.2, 0.25) is 0 Å². The van der Waals surface area contributed by atoms with Crippen molar-refractivity contribution in [3.05, 3.63) is 65.3 Å². The Kier molecular flexibility index (Phi) is 7.62. The van der Waals surface area contributed by atoms with Crippen LogP contribution in [0.25, 0.3) is 16.2 Å². The number of thiazole rings is 1. The molecule has 8 nitrogen and oxygen atoms in total. The molecule has 1 aliphatic rings. The number of anilines is 1. The summed E-state index contributed by atoms with van der Waals surface area (Å²) in [5.41, 5.74) is 4.73. The minimum Gasteiger partial charge on any atom is -0.497 e. The number of ether oxygens (including phenoxy) is 3. The van der Waals surface area contributed by atoms with Gasteiger partial charge in [0.1, 0.15) is 11.5 Å². The van der Waals surface area contributed by atoms with Gasteiger partial charge in [-0.25, -0.2) is 9.78 Å². The Labute approximate surface area is 220 Å². The molecule has 0 radical (unpaired) electrons. The standard InChI is InChI=1S/C28H32N4O4S/c1-19-6-8-20(9-7-19)29-27(33)31(16-23-5-4-14-36-23)13-12-21-18-37-28-30-25(17-32(21)28)24-15-22(34-2)10-11-26(24)35-3/h6-11,15,17-18,23H,4-5,12-14,16H2,1-3H3,(H,29,33)/t23-/m0/s1. The van der Waals surface area contributed by atoms with Crippen LogP contribution >= 0.6 is 11.3 Å². The third kappa shape index (κ3) is 5.73. The molecule has 1 saturated heterocycles. The van der Waals surface area contributed by atoms with E-state index in [9.17, 15) is 4.79 Å². The van der Waals surface area contributed by atoms with Crippen LogP contribution in [0.1, 0.15) is 24.1 Å². The number of amides is 2. The molecular weight excluding hydrogens is 488 g/mol. The monoisotopic (exact) mass is 520 g/mol. The molecule has 3 heterocycles. The van der Waals surface area contributed by atoms with Crippen LogP contribution in [0.5, 0.6) is 11.5 Å². The number of hydrogen-bond acceptors (Lipinski definition) is 6. The fourth-order valence-corrected chi connectivity index (χ4v) is 5.46. The Balaban J connectivity index is 1.34. The second-order valence-corrected chi connectivity index (χ2v) is 10.0. The summed E-state index contributed by atoms with van der Waals surface area (Å²) in [5.74, 6) is 1.49. The summed E-state index contributed by atoms with van der Waals surface area (Å²) >= 11 is 1.59. The molecule has 0 spiro atoms. The maximum Gasteiger partial charge on any atom is 0.321 e. The fourth-order valence-electron chi connectivity index (χ4n) is 4.55. The van der Waals surface area contributed by atoms with Gasteiger partial charge in [-0.2, -0.15) is 0 Å². The average Bonchev–Trinajstić information content (AvgIpc) is 3.66. The number of benzene rings is 2. The molecular formula is C28H32N4O4S. The smallest absolute Gasteiger partial charge is 0.321 e. The molecule has 194 valence electrons. The van der Waals surface area contributed by atoms with Gasteiger partial charge in [-0.15, -0.1) is 11.3 Å². The first-order valence-electron chi connectivity index (χ1n) is 12.5. The van der Waals surface area contributed by atoms with Crippen molar-refractivity contribution in [1.29, 1.82) is 0 Å². The lowest BCUT2D eigenvalue weighted by atomic mass is 10.1. The maximum absolute atomic E-state index is 13.2. The minimum atomic E-state index is -0.113. The Morgan fingerprint density at radius 2 is 2.05 bits per heavy atom. The van der Waals surface area contributed by atoms with Gasteiger partial charge in [0.05, 0.1) is 26.0 Å². The summed E-state index contributed by atoms with van der Waals surface area (Å²) in [7, 11) is 3.30. The quantitative estimate of drug-likeness (QED) is 0.309. The maximum atomic E-state index is 13.2. The molecule has 0 saturated carbocycles. The summed E-state index contributed by atoms with van der Waals surface area (Å²) < 4.78 is 18.9. The van der Waals surface area contributed by atoms with E-state index in [4.69, 9.17) is 19.2 Å². The van der Waals surface area contributed by atoms with E-state index < -0.39 is 0 Å². The number of aromatic nitrogens is 2. The van der Waals surface area contributed by atoms with Gasteiger partial charge in [0.15, 0.2) is 4.96 Å². The number of nitrogens with zero attached hydrogens (tertiary/aromatic N) is 3. The summed E-state index contributed by atoms with van der Waals surface area (Å²) in [6.45, 7) is 3.93. The molecule has 4 aromatic rings. The Bertz CT molecular complexity index is 1360. The molecule has 0 bridgehead atoms. The second kappa shape index (κ2) is 11.2. The Morgan fingerprint density at radius 1 is 1.22 bits per heavy atom. The van der Waals surface area contributed by atoms with Crippen LogP contribution in [-0.4, -0.2) is 60.3 Å². The molecule has 0 unspecified atom stereocenters. The lowest BCUT2D eigenvalue weighted by Gasteiger charge is -2.25. The zero-order valence-corrected chi connectivity index (χ0v) is 22.2. The van der Waals surface area contributed by atoms with E-state index in [1.807, 2.05) is 60.5 Å². The van der Waals surface area contributed by atoms with Crippen LogP contribution in [0.15, 0.2) is 54.0 Å². The number of aryl methyl sites for hydroxylation is 1. The summed E-state index contributed by atoms with van der Waals surface area (Å²) in [6, 6.07) is 13.4. The largest absolute Gasteiger partial charge is 0.497 e. The van der Waals surface area contributed by atoms with Crippen LogP contribution in [0.2, 0.25) is 0 Å². The Hall–Kier alpha value is -3.56. The van der Waals surface area contributed by atoms with E-state index in [0.717, 1.165) is 64.1 Å². The van der Waals surface area contributed by atoms with Gasteiger partial charge >= 0.3 is 6.03 Å². The summed E-state index contributed by atoms with van der Waals surface area (Å²) in [5, 5.41) is 5.16. The van der Waals surface area contributed by atoms with Crippen LogP contribution < -0.4 is 14.8 Å². The zero-order valence-electron chi connectivity index (χ0n) is 21.4. The van der Waals surface area contributed by atoms with E-state index in [1.54, 1.807) is 25.6 Å². The lowest BCUT2D eigenvalue weighted by Crippen LogP contribution is -2.41. The third-order valence-electron chi connectivity index (χ3n) is 6.64. The van der Waals surface area contributed by atoms with Crippen molar-refractivity contribution in [3.63, 3.8) is 0 Å². The van der Waals surface area contributed by atoms with Gasteiger partial charge < -0.3 is 24.4 Å². The highest BCUT2D eigenvalue weighted by molar-refractivity contribution is 7.15. The fraction of sp³-hybridized carbons (Fsp3) is 0.357. The van der Waals surface area contributed by atoms with Crippen LogP contribution in [0.3, 0.4) is 0 Å². The van der Waals surface area contributed by atoms with Crippen LogP contribution in [0.4, 0.5) is 10.5 Å². The van der Waals surface area contributed by atoms with E-state index in [1.165, 1.54) is 0 Å². The normalized spacial score (nSPS) is 15.2. The number of fused-ring (bicyclic) bond motifs is 1. The molecule has 5 rings (SSSR count). The average molecular weight is 521 g/mol. The predicted molar refractivity (Wildman–Crippen MR) is 146 cm³/mol.